The van der Waals surface area contributed by atoms with Gasteiger partial charge in [-0.25, -0.2) is 0 Å². The number of hydrogen-bond donors (Lipinski definition) is 0. The first kappa shape index (κ1) is 34.2. The molecule has 0 unspecified atom stereocenters. The molecule has 284 valence electrons. The van der Waals surface area contributed by atoms with Crippen molar-refractivity contribution in [1.29, 1.82) is 0 Å². The quantitative estimate of drug-likeness (QED) is 0.167. The molecular formula is C56H40N4. The van der Waals surface area contributed by atoms with Gasteiger partial charge in [0.2, 0.25) is 0 Å². The molecule has 2 aliphatic heterocycles. The molecule has 0 saturated heterocycles. The highest BCUT2D eigenvalue weighted by molar-refractivity contribution is 6.23. The summed E-state index contributed by atoms with van der Waals surface area (Å²) >= 11 is 0. The summed E-state index contributed by atoms with van der Waals surface area (Å²) in [5.41, 5.74) is 16.6. The van der Waals surface area contributed by atoms with Gasteiger partial charge in [0.25, 0.3) is 0 Å². The molecule has 10 aromatic carbocycles. The van der Waals surface area contributed by atoms with Crippen molar-refractivity contribution in [2.75, 3.05) is 33.7 Å². The van der Waals surface area contributed by atoms with Crippen molar-refractivity contribution in [1.82, 2.24) is 0 Å². The fourth-order valence-electron chi connectivity index (χ4n) is 9.74. The van der Waals surface area contributed by atoms with Crippen molar-refractivity contribution in [3.8, 4) is 22.3 Å². The van der Waals surface area contributed by atoms with Gasteiger partial charge < -0.3 is 19.6 Å². The summed E-state index contributed by atoms with van der Waals surface area (Å²) in [5.74, 6) is 0. The summed E-state index contributed by atoms with van der Waals surface area (Å²) in [6.45, 7) is 0. The highest BCUT2D eigenvalue weighted by atomic mass is 15.2. The van der Waals surface area contributed by atoms with Crippen molar-refractivity contribution in [2.24, 2.45) is 0 Å². The second kappa shape index (κ2) is 13.4. The SMILES string of the molecule is CN1c2cc(N(c3ccccc3)c3ccc4ccccc4c3)ccc2-c2ccc3c4c(ccc1c24)N(C)c1cc(N(c2ccccc2)c2ccc4ccccc4c2)ccc1-3. The normalized spacial score (nSPS) is 12.4. The van der Waals surface area contributed by atoms with Crippen LogP contribution in [0.25, 0.3) is 54.6 Å². The molecule has 0 fully saturated rings. The topological polar surface area (TPSA) is 13.0 Å². The zero-order valence-electron chi connectivity index (χ0n) is 33.4. The Kier molecular flexibility index (Phi) is 7.63. The summed E-state index contributed by atoms with van der Waals surface area (Å²) in [6, 6.07) is 75.3. The Morgan fingerprint density at radius 2 is 0.617 bits per heavy atom. The van der Waals surface area contributed by atoms with Crippen molar-refractivity contribution in [3.05, 3.63) is 206 Å². The lowest BCUT2D eigenvalue weighted by atomic mass is 9.84. The first-order valence-electron chi connectivity index (χ1n) is 20.6. The number of anilines is 10. The first-order valence-corrected chi connectivity index (χ1v) is 20.6. The highest BCUT2D eigenvalue weighted by Gasteiger charge is 2.31. The maximum absolute atomic E-state index is 2.39. The zero-order chi connectivity index (χ0) is 39.9. The molecule has 0 aromatic heterocycles. The summed E-state index contributed by atoms with van der Waals surface area (Å²) in [7, 11) is 4.44. The number of rotatable bonds is 6. The standard InChI is InChI=1S/C56H40N4/c1-57-51-31-32-52-56-50(48-28-26-46(36-54(48)58(52)2)60(42-19-7-4-8-20-42)44-24-22-38-14-10-12-16-40(38)34-44)30-29-49(55(51)56)47-27-25-45(35-53(47)57)59(41-17-5-3-6-18-41)43-23-21-37-13-9-11-15-39(37)33-43/h3-36H,1-2H3. The maximum atomic E-state index is 2.39. The molecule has 4 heteroatoms. The Hall–Kier alpha value is -7.82. The third-order valence-electron chi connectivity index (χ3n) is 12.6. The van der Waals surface area contributed by atoms with E-state index in [9.17, 15) is 0 Å². The Labute approximate surface area is 350 Å². The zero-order valence-corrected chi connectivity index (χ0v) is 33.4. The van der Waals surface area contributed by atoms with E-state index in [0.717, 1.165) is 34.1 Å². The van der Waals surface area contributed by atoms with E-state index in [1.165, 1.54) is 77.3 Å². The summed E-state index contributed by atoms with van der Waals surface area (Å²) in [4.78, 5) is 9.51. The predicted octanol–water partition coefficient (Wildman–Crippen LogP) is 15.6. The third-order valence-corrected chi connectivity index (χ3v) is 12.6. The molecule has 0 radical (unpaired) electrons. The fourth-order valence-corrected chi connectivity index (χ4v) is 9.74. The molecule has 2 heterocycles. The first-order chi connectivity index (χ1) is 29.6. The largest absolute Gasteiger partial charge is 0.344 e. The minimum absolute atomic E-state index is 1.12. The van der Waals surface area contributed by atoms with Crippen LogP contribution in [0.4, 0.5) is 56.9 Å². The molecular weight excluding hydrogens is 729 g/mol. The van der Waals surface area contributed by atoms with Crippen molar-refractivity contribution >= 4 is 89.2 Å². The minimum atomic E-state index is 1.12. The molecule has 0 spiro atoms. The van der Waals surface area contributed by atoms with Gasteiger partial charge in [-0.15, -0.1) is 0 Å². The van der Waals surface area contributed by atoms with Crippen LogP contribution in [0.3, 0.4) is 0 Å². The van der Waals surface area contributed by atoms with Gasteiger partial charge in [0.15, 0.2) is 0 Å². The number of nitrogens with zero attached hydrogens (tertiary/aromatic N) is 4. The van der Waals surface area contributed by atoms with Crippen molar-refractivity contribution in [2.45, 2.75) is 0 Å². The molecule has 0 saturated carbocycles. The second-order valence-corrected chi connectivity index (χ2v) is 15.9. The molecule has 60 heavy (non-hydrogen) atoms. The van der Waals surface area contributed by atoms with Crippen LogP contribution < -0.4 is 19.6 Å². The summed E-state index contributed by atoms with van der Waals surface area (Å²) in [5, 5.41) is 7.51. The molecule has 12 rings (SSSR count). The van der Waals surface area contributed by atoms with E-state index >= 15 is 0 Å². The van der Waals surface area contributed by atoms with E-state index in [2.05, 4.69) is 240 Å². The monoisotopic (exact) mass is 768 g/mol. The number of fused-ring (bicyclic) bond motifs is 6. The smallest absolute Gasteiger partial charge is 0.0509 e. The van der Waals surface area contributed by atoms with E-state index < -0.39 is 0 Å². The Balaban J connectivity index is 0.979. The van der Waals surface area contributed by atoms with Crippen LogP contribution in [-0.4, -0.2) is 14.1 Å². The van der Waals surface area contributed by atoms with Gasteiger partial charge in [0.05, 0.1) is 11.4 Å². The van der Waals surface area contributed by atoms with E-state index in [4.69, 9.17) is 0 Å². The van der Waals surface area contributed by atoms with Crippen molar-refractivity contribution in [3.63, 3.8) is 0 Å². The van der Waals surface area contributed by atoms with Gasteiger partial charge in [0, 0.05) is 81.5 Å². The van der Waals surface area contributed by atoms with Crippen LogP contribution in [-0.2, 0) is 0 Å². The molecule has 0 N–H and O–H groups in total. The van der Waals surface area contributed by atoms with E-state index in [-0.39, 0.29) is 0 Å². The number of benzene rings is 10. The fraction of sp³-hybridized carbons (Fsp3) is 0.0357. The van der Waals surface area contributed by atoms with Gasteiger partial charge in [-0.2, -0.15) is 0 Å². The average molecular weight is 769 g/mol. The lowest BCUT2D eigenvalue weighted by molar-refractivity contribution is 1.18. The molecule has 0 amide bonds. The van der Waals surface area contributed by atoms with E-state index in [1.807, 2.05) is 0 Å². The van der Waals surface area contributed by atoms with Gasteiger partial charge in [-0.1, -0.05) is 121 Å². The van der Waals surface area contributed by atoms with Gasteiger partial charge >= 0.3 is 0 Å². The lowest BCUT2D eigenvalue weighted by Crippen LogP contribution is -2.20. The lowest BCUT2D eigenvalue weighted by Gasteiger charge is -2.37. The van der Waals surface area contributed by atoms with Crippen LogP contribution >= 0.6 is 0 Å². The van der Waals surface area contributed by atoms with Crippen LogP contribution in [0.5, 0.6) is 0 Å². The van der Waals surface area contributed by atoms with Gasteiger partial charge in [-0.05, 0) is 118 Å². The Morgan fingerprint density at radius 1 is 0.267 bits per heavy atom. The minimum Gasteiger partial charge on any atom is -0.344 e. The van der Waals surface area contributed by atoms with E-state index in [0.29, 0.717) is 0 Å². The third kappa shape index (κ3) is 5.24. The summed E-state index contributed by atoms with van der Waals surface area (Å²) < 4.78 is 0. The Bertz CT molecular complexity index is 3100. The maximum Gasteiger partial charge on any atom is 0.0509 e. The van der Waals surface area contributed by atoms with Crippen LogP contribution in [0.2, 0.25) is 0 Å². The van der Waals surface area contributed by atoms with Crippen LogP contribution in [0.1, 0.15) is 0 Å². The van der Waals surface area contributed by atoms with Crippen LogP contribution in [0, 0.1) is 0 Å². The highest BCUT2D eigenvalue weighted by Crippen LogP contribution is 2.56. The molecule has 10 aromatic rings. The van der Waals surface area contributed by atoms with Gasteiger partial charge in [-0.3, -0.25) is 0 Å². The van der Waals surface area contributed by atoms with Crippen LogP contribution in [0.15, 0.2) is 206 Å². The number of hydrogen-bond acceptors (Lipinski definition) is 4. The Morgan fingerprint density at radius 3 is 1.05 bits per heavy atom. The molecule has 0 bridgehead atoms. The van der Waals surface area contributed by atoms with Crippen molar-refractivity contribution < 1.29 is 0 Å². The number of para-hydroxylation sites is 2. The van der Waals surface area contributed by atoms with Gasteiger partial charge in [0.1, 0.15) is 0 Å². The molecule has 2 aliphatic rings. The molecule has 0 aliphatic carbocycles. The summed E-state index contributed by atoms with van der Waals surface area (Å²) in [6.07, 6.45) is 0. The predicted molar refractivity (Wildman–Crippen MR) is 255 cm³/mol. The molecule has 4 nitrogen and oxygen atoms in total. The average Bonchev–Trinajstić information content (AvgIpc) is 3.31. The molecule has 0 atom stereocenters. The second-order valence-electron chi connectivity index (χ2n) is 15.9. The van der Waals surface area contributed by atoms with E-state index in [1.54, 1.807) is 0 Å².